The molecule has 0 aliphatic heterocycles. The van der Waals surface area contributed by atoms with Gasteiger partial charge in [-0.05, 0) is 11.6 Å². The monoisotopic (exact) mass is 208 g/mol. The van der Waals surface area contributed by atoms with Crippen LogP contribution in [0.15, 0.2) is 0 Å². The maximum absolute atomic E-state index is 10.2. The number of aromatic amines is 1. The Labute approximate surface area is 78.5 Å². The molecule has 0 aliphatic rings. The molecule has 1 rings (SSSR count). The number of aliphatic carboxylic acids is 1. The summed E-state index contributed by atoms with van der Waals surface area (Å²) in [6.07, 6.45) is 0.326. The number of rotatable bonds is 3. The Bertz CT molecular complexity index is 298. The molecule has 0 aromatic carbocycles. The van der Waals surface area contributed by atoms with E-state index in [1.54, 1.807) is 0 Å². The van der Waals surface area contributed by atoms with Crippen molar-refractivity contribution in [3.05, 3.63) is 16.1 Å². The first-order chi connectivity index (χ1) is 5.59. The number of aryl methyl sites for hydroxylation is 1. The average Bonchev–Trinajstić information content (AvgIpc) is 2.26. The van der Waals surface area contributed by atoms with Crippen LogP contribution in [0.1, 0.15) is 12.1 Å². The van der Waals surface area contributed by atoms with Gasteiger partial charge in [0.05, 0.1) is 12.1 Å². The van der Waals surface area contributed by atoms with Gasteiger partial charge in [0.1, 0.15) is 0 Å². The molecular formula is C6H6Cl2N2O2. The summed E-state index contributed by atoms with van der Waals surface area (Å²) in [5, 5.41) is 8.78. The molecule has 12 heavy (non-hydrogen) atoms. The van der Waals surface area contributed by atoms with Gasteiger partial charge in [-0.2, -0.15) is 0 Å². The van der Waals surface area contributed by atoms with Crippen molar-refractivity contribution < 1.29 is 9.90 Å². The molecule has 1 aromatic rings. The summed E-state index contributed by atoms with van der Waals surface area (Å²) in [6, 6.07) is 0. The van der Waals surface area contributed by atoms with E-state index in [1.807, 2.05) is 0 Å². The van der Waals surface area contributed by atoms with E-state index in [0.717, 1.165) is 0 Å². The van der Waals surface area contributed by atoms with Crippen molar-refractivity contribution in [2.45, 2.75) is 12.8 Å². The van der Waals surface area contributed by atoms with Gasteiger partial charge in [0.2, 0.25) is 5.28 Å². The maximum atomic E-state index is 10.2. The zero-order chi connectivity index (χ0) is 9.14. The Hall–Kier alpha value is -0.740. The number of H-pyrrole nitrogens is 1. The lowest BCUT2D eigenvalue weighted by molar-refractivity contribution is -0.136. The lowest BCUT2D eigenvalue weighted by atomic mass is 10.2. The van der Waals surface area contributed by atoms with Crippen molar-refractivity contribution in [2.24, 2.45) is 0 Å². The Morgan fingerprint density at radius 2 is 2.25 bits per heavy atom. The van der Waals surface area contributed by atoms with Crippen LogP contribution in [0.25, 0.3) is 0 Å². The minimum Gasteiger partial charge on any atom is -0.481 e. The van der Waals surface area contributed by atoms with Crippen LogP contribution < -0.4 is 0 Å². The minimum atomic E-state index is -0.878. The summed E-state index contributed by atoms with van der Waals surface area (Å²) >= 11 is 11.1. The topological polar surface area (TPSA) is 66.0 Å². The van der Waals surface area contributed by atoms with E-state index >= 15 is 0 Å². The number of carboxylic acid groups (broad SMARTS) is 1. The molecule has 0 bridgehead atoms. The number of hydrogen-bond acceptors (Lipinski definition) is 2. The SMILES string of the molecule is O=C(O)CCc1[nH]c(Cl)nc1Cl. The molecule has 0 saturated carbocycles. The van der Waals surface area contributed by atoms with Crippen LogP contribution in [-0.4, -0.2) is 21.0 Å². The third-order valence-electron chi connectivity index (χ3n) is 1.29. The van der Waals surface area contributed by atoms with Crippen LogP contribution in [0.4, 0.5) is 0 Å². The van der Waals surface area contributed by atoms with Gasteiger partial charge >= 0.3 is 5.97 Å². The van der Waals surface area contributed by atoms with E-state index < -0.39 is 5.97 Å². The van der Waals surface area contributed by atoms with E-state index in [4.69, 9.17) is 28.3 Å². The third-order valence-corrected chi connectivity index (χ3v) is 1.78. The van der Waals surface area contributed by atoms with Gasteiger partial charge in [-0.15, -0.1) is 0 Å². The number of nitrogens with one attached hydrogen (secondary N) is 1. The zero-order valence-corrected chi connectivity index (χ0v) is 7.48. The second-order valence-electron chi connectivity index (χ2n) is 2.19. The molecule has 66 valence electrons. The number of halogens is 2. The highest BCUT2D eigenvalue weighted by Crippen LogP contribution is 2.16. The normalized spacial score (nSPS) is 10.2. The van der Waals surface area contributed by atoms with Gasteiger partial charge in [0.25, 0.3) is 0 Å². The fraction of sp³-hybridized carbons (Fsp3) is 0.333. The summed E-state index contributed by atoms with van der Waals surface area (Å²) in [6.45, 7) is 0. The van der Waals surface area contributed by atoms with E-state index in [0.29, 0.717) is 12.1 Å². The number of nitrogens with zero attached hydrogens (tertiary/aromatic N) is 1. The Kier molecular flexibility index (Phi) is 2.94. The van der Waals surface area contributed by atoms with Gasteiger partial charge in [-0.3, -0.25) is 4.79 Å². The molecule has 0 aliphatic carbocycles. The molecule has 0 radical (unpaired) electrons. The lowest BCUT2D eigenvalue weighted by Crippen LogP contribution is -1.97. The number of aromatic nitrogens is 2. The molecule has 1 heterocycles. The number of imidazole rings is 1. The van der Waals surface area contributed by atoms with Crippen molar-refractivity contribution in [1.29, 1.82) is 0 Å². The number of carbonyl (C=O) groups is 1. The Morgan fingerprint density at radius 1 is 1.58 bits per heavy atom. The molecule has 0 unspecified atom stereocenters. The summed E-state index contributed by atoms with van der Waals surface area (Å²) < 4.78 is 0. The van der Waals surface area contributed by atoms with E-state index in [-0.39, 0.29) is 16.9 Å². The minimum absolute atomic E-state index is 0.0121. The van der Waals surface area contributed by atoms with Crippen LogP contribution in [-0.2, 0) is 11.2 Å². The molecule has 0 spiro atoms. The molecular weight excluding hydrogens is 203 g/mol. The van der Waals surface area contributed by atoms with Crippen LogP contribution >= 0.6 is 23.2 Å². The molecule has 0 atom stereocenters. The van der Waals surface area contributed by atoms with E-state index in [1.165, 1.54) is 0 Å². The molecule has 4 nitrogen and oxygen atoms in total. The number of hydrogen-bond donors (Lipinski definition) is 2. The standard InChI is InChI=1S/C6H6Cl2N2O2/c7-5-3(1-2-4(11)12)9-6(8)10-5/h1-2H2,(H,9,10)(H,11,12). The predicted octanol–water partition coefficient (Wildman–Crippen LogP) is 1.73. The van der Waals surface area contributed by atoms with Crippen LogP contribution in [0.5, 0.6) is 0 Å². The first-order valence-corrected chi connectivity index (χ1v) is 3.97. The van der Waals surface area contributed by atoms with E-state index in [9.17, 15) is 4.79 Å². The fourth-order valence-corrected chi connectivity index (χ4v) is 1.22. The van der Waals surface area contributed by atoms with E-state index in [2.05, 4.69) is 9.97 Å². The highest BCUT2D eigenvalue weighted by Gasteiger charge is 2.07. The van der Waals surface area contributed by atoms with Crippen molar-refractivity contribution in [1.82, 2.24) is 9.97 Å². The van der Waals surface area contributed by atoms with Crippen molar-refractivity contribution >= 4 is 29.2 Å². The van der Waals surface area contributed by atoms with Crippen molar-refractivity contribution in [3.8, 4) is 0 Å². The predicted molar refractivity (Wildman–Crippen MR) is 44.6 cm³/mol. The molecule has 0 fully saturated rings. The smallest absolute Gasteiger partial charge is 0.303 e. The average molecular weight is 209 g/mol. The fourth-order valence-electron chi connectivity index (χ4n) is 0.755. The second kappa shape index (κ2) is 3.78. The molecule has 0 amide bonds. The lowest BCUT2D eigenvalue weighted by Gasteiger charge is -1.92. The van der Waals surface area contributed by atoms with Gasteiger partial charge in [0, 0.05) is 6.42 Å². The molecule has 6 heteroatoms. The van der Waals surface area contributed by atoms with Crippen LogP contribution in [0.3, 0.4) is 0 Å². The van der Waals surface area contributed by atoms with Crippen molar-refractivity contribution in [3.63, 3.8) is 0 Å². The highest BCUT2D eigenvalue weighted by molar-refractivity contribution is 6.32. The van der Waals surface area contributed by atoms with Gasteiger partial charge in [-0.25, -0.2) is 4.98 Å². The maximum Gasteiger partial charge on any atom is 0.303 e. The molecule has 1 aromatic heterocycles. The quantitative estimate of drug-likeness (QED) is 0.796. The van der Waals surface area contributed by atoms with Gasteiger partial charge < -0.3 is 10.1 Å². The van der Waals surface area contributed by atoms with Crippen LogP contribution in [0.2, 0.25) is 10.4 Å². The van der Waals surface area contributed by atoms with Gasteiger partial charge in [0.15, 0.2) is 5.15 Å². The summed E-state index contributed by atoms with van der Waals surface area (Å²) in [4.78, 5) is 16.5. The summed E-state index contributed by atoms with van der Waals surface area (Å²) in [5.74, 6) is -0.878. The zero-order valence-electron chi connectivity index (χ0n) is 5.97. The second-order valence-corrected chi connectivity index (χ2v) is 2.91. The van der Waals surface area contributed by atoms with Crippen molar-refractivity contribution in [2.75, 3.05) is 0 Å². The molecule has 0 saturated heterocycles. The first kappa shape index (κ1) is 9.35. The highest BCUT2D eigenvalue weighted by atomic mass is 35.5. The Balaban J connectivity index is 2.62. The Morgan fingerprint density at radius 3 is 2.67 bits per heavy atom. The first-order valence-electron chi connectivity index (χ1n) is 3.21. The molecule has 2 N–H and O–H groups in total. The van der Waals surface area contributed by atoms with Crippen LogP contribution in [0, 0.1) is 0 Å². The van der Waals surface area contributed by atoms with Gasteiger partial charge in [-0.1, -0.05) is 11.6 Å². The third kappa shape index (κ3) is 2.39. The summed E-state index contributed by atoms with van der Waals surface area (Å²) in [7, 11) is 0. The number of carboxylic acids is 1. The summed E-state index contributed by atoms with van der Waals surface area (Å²) in [5.41, 5.74) is 0.559. The largest absolute Gasteiger partial charge is 0.481 e.